The van der Waals surface area contributed by atoms with E-state index in [0.717, 1.165) is 5.56 Å². The van der Waals surface area contributed by atoms with Gasteiger partial charge in [-0.1, -0.05) is 43.0 Å². The molecule has 0 amide bonds. The molecule has 2 heteroatoms. The van der Waals surface area contributed by atoms with Crippen LogP contribution >= 0.6 is 0 Å². The predicted molar refractivity (Wildman–Crippen MR) is 59.1 cm³/mol. The molecule has 0 bridgehead atoms. The van der Waals surface area contributed by atoms with E-state index in [9.17, 15) is 5.11 Å². The van der Waals surface area contributed by atoms with Crippen LogP contribution in [0.2, 0.25) is 0 Å². The highest BCUT2D eigenvalue weighted by atomic mass is 16.3. The molecule has 0 aromatic heterocycles. The van der Waals surface area contributed by atoms with E-state index in [1.807, 2.05) is 49.3 Å². The first-order valence-corrected chi connectivity index (χ1v) is 4.65. The van der Waals surface area contributed by atoms with Gasteiger partial charge in [0.05, 0.1) is 0 Å². The molecule has 0 saturated heterocycles. The molecule has 1 atom stereocenters. The summed E-state index contributed by atoms with van der Waals surface area (Å²) in [6, 6.07) is 9.58. The second kappa shape index (κ2) is 4.40. The lowest BCUT2D eigenvalue weighted by Gasteiger charge is -2.28. The first-order chi connectivity index (χ1) is 6.58. The largest absolute Gasteiger partial charge is 0.380 e. The molecular formula is C12H17NO. The average molecular weight is 191 g/mol. The summed E-state index contributed by atoms with van der Waals surface area (Å²) in [7, 11) is 3.86. The Kier molecular flexibility index (Phi) is 3.44. The molecule has 2 nitrogen and oxygen atoms in total. The van der Waals surface area contributed by atoms with Crippen LogP contribution < -0.4 is 0 Å². The fourth-order valence-electron chi connectivity index (χ4n) is 1.48. The zero-order chi connectivity index (χ0) is 10.6. The SMILES string of the molecule is C=CC(O)(CN(C)C)c1ccccc1. The van der Waals surface area contributed by atoms with Crippen LogP contribution in [0.4, 0.5) is 0 Å². The molecule has 0 spiro atoms. The molecule has 0 aliphatic heterocycles. The van der Waals surface area contributed by atoms with Gasteiger partial charge in [-0.3, -0.25) is 0 Å². The van der Waals surface area contributed by atoms with Crippen molar-refractivity contribution in [2.24, 2.45) is 0 Å². The maximum absolute atomic E-state index is 10.3. The summed E-state index contributed by atoms with van der Waals surface area (Å²) >= 11 is 0. The molecule has 0 radical (unpaired) electrons. The van der Waals surface area contributed by atoms with Crippen molar-refractivity contribution in [1.82, 2.24) is 4.90 Å². The minimum absolute atomic E-state index is 0.542. The Labute approximate surface area is 85.5 Å². The van der Waals surface area contributed by atoms with Crippen molar-refractivity contribution in [2.45, 2.75) is 5.60 Å². The van der Waals surface area contributed by atoms with E-state index in [1.165, 1.54) is 0 Å². The van der Waals surface area contributed by atoms with Crippen molar-refractivity contribution < 1.29 is 5.11 Å². The standard InChI is InChI=1S/C12H17NO/c1-4-12(14,10-13(2)3)11-8-6-5-7-9-11/h4-9,14H,1,10H2,2-3H3. The van der Waals surface area contributed by atoms with Gasteiger partial charge in [0.25, 0.3) is 0 Å². The Morgan fingerprint density at radius 3 is 2.36 bits per heavy atom. The topological polar surface area (TPSA) is 23.5 Å². The smallest absolute Gasteiger partial charge is 0.120 e. The Hall–Kier alpha value is -1.12. The van der Waals surface area contributed by atoms with Gasteiger partial charge >= 0.3 is 0 Å². The molecule has 0 saturated carbocycles. The molecule has 1 unspecified atom stereocenters. The van der Waals surface area contributed by atoms with Gasteiger partial charge in [0, 0.05) is 6.54 Å². The Balaban J connectivity index is 2.96. The zero-order valence-electron chi connectivity index (χ0n) is 8.77. The molecule has 0 heterocycles. The average Bonchev–Trinajstić information content (AvgIpc) is 2.18. The minimum atomic E-state index is -0.954. The van der Waals surface area contributed by atoms with Crippen molar-refractivity contribution in [2.75, 3.05) is 20.6 Å². The maximum Gasteiger partial charge on any atom is 0.120 e. The van der Waals surface area contributed by atoms with Crippen LogP contribution in [0, 0.1) is 0 Å². The predicted octanol–water partition coefficient (Wildman–Crippen LogP) is 1.62. The van der Waals surface area contributed by atoms with Crippen LogP contribution in [0.1, 0.15) is 5.56 Å². The summed E-state index contributed by atoms with van der Waals surface area (Å²) in [6.45, 7) is 4.23. The van der Waals surface area contributed by atoms with Gasteiger partial charge in [0.1, 0.15) is 5.60 Å². The third-order valence-electron chi connectivity index (χ3n) is 2.17. The van der Waals surface area contributed by atoms with Crippen LogP contribution in [-0.4, -0.2) is 30.6 Å². The summed E-state index contributed by atoms with van der Waals surface area (Å²) in [6.07, 6.45) is 1.59. The molecule has 1 N–H and O–H groups in total. The summed E-state index contributed by atoms with van der Waals surface area (Å²) in [5, 5.41) is 10.3. The van der Waals surface area contributed by atoms with Crippen LogP contribution in [-0.2, 0) is 5.60 Å². The van der Waals surface area contributed by atoms with Gasteiger partial charge in [-0.15, -0.1) is 0 Å². The van der Waals surface area contributed by atoms with E-state index < -0.39 is 5.60 Å². The van der Waals surface area contributed by atoms with Crippen molar-refractivity contribution in [1.29, 1.82) is 0 Å². The number of likely N-dealkylation sites (N-methyl/N-ethyl adjacent to an activating group) is 1. The van der Waals surface area contributed by atoms with Crippen LogP contribution in [0.5, 0.6) is 0 Å². The summed E-state index contributed by atoms with van der Waals surface area (Å²) in [4.78, 5) is 1.94. The molecule has 0 aliphatic rings. The zero-order valence-corrected chi connectivity index (χ0v) is 8.77. The Morgan fingerprint density at radius 2 is 1.93 bits per heavy atom. The lowest BCUT2D eigenvalue weighted by atomic mass is 9.93. The fourth-order valence-corrected chi connectivity index (χ4v) is 1.48. The highest BCUT2D eigenvalue weighted by Crippen LogP contribution is 2.22. The molecule has 0 fully saturated rings. The monoisotopic (exact) mass is 191 g/mol. The number of rotatable bonds is 4. The van der Waals surface area contributed by atoms with Crippen molar-refractivity contribution in [3.63, 3.8) is 0 Å². The van der Waals surface area contributed by atoms with Gasteiger partial charge in [-0.25, -0.2) is 0 Å². The molecule has 14 heavy (non-hydrogen) atoms. The molecule has 0 aliphatic carbocycles. The maximum atomic E-state index is 10.3. The van der Waals surface area contributed by atoms with Crippen LogP contribution in [0.15, 0.2) is 43.0 Å². The third-order valence-corrected chi connectivity index (χ3v) is 2.17. The molecule has 1 aromatic carbocycles. The highest BCUT2D eigenvalue weighted by Gasteiger charge is 2.25. The highest BCUT2D eigenvalue weighted by molar-refractivity contribution is 5.27. The van der Waals surface area contributed by atoms with Crippen molar-refractivity contribution in [3.8, 4) is 0 Å². The number of benzene rings is 1. The van der Waals surface area contributed by atoms with E-state index in [4.69, 9.17) is 0 Å². The van der Waals surface area contributed by atoms with E-state index in [-0.39, 0.29) is 0 Å². The first kappa shape index (κ1) is 11.0. The normalized spacial score (nSPS) is 15.1. The summed E-state index contributed by atoms with van der Waals surface area (Å²) in [5.74, 6) is 0. The first-order valence-electron chi connectivity index (χ1n) is 4.65. The quantitative estimate of drug-likeness (QED) is 0.731. The van der Waals surface area contributed by atoms with Crippen molar-refractivity contribution >= 4 is 0 Å². The number of nitrogens with zero attached hydrogens (tertiary/aromatic N) is 1. The van der Waals surface area contributed by atoms with E-state index in [2.05, 4.69) is 6.58 Å². The fraction of sp³-hybridized carbons (Fsp3) is 0.333. The Bertz CT molecular complexity index is 294. The van der Waals surface area contributed by atoms with Crippen LogP contribution in [0.25, 0.3) is 0 Å². The second-order valence-electron chi connectivity index (χ2n) is 3.73. The number of hydrogen-bond donors (Lipinski definition) is 1. The van der Waals surface area contributed by atoms with Gasteiger partial charge < -0.3 is 10.0 Å². The van der Waals surface area contributed by atoms with E-state index in [1.54, 1.807) is 6.08 Å². The van der Waals surface area contributed by atoms with Gasteiger partial charge in [0.15, 0.2) is 0 Å². The van der Waals surface area contributed by atoms with Crippen LogP contribution in [0.3, 0.4) is 0 Å². The van der Waals surface area contributed by atoms with E-state index in [0.29, 0.717) is 6.54 Å². The van der Waals surface area contributed by atoms with Gasteiger partial charge in [-0.05, 0) is 19.7 Å². The van der Waals surface area contributed by atoms with E-state index >= 15 is 0 Å². The second-order valence-corrected chi connectivity index (χ2v) is 3.73. The summed E-state index contributed by atoms with van der Waals surface area (Å²) in [5.41, 5.74) is -0.0752. The number of hydrogen-bond acceptors (Lipinski definition) is 2. The Morgan fingerprint density at radius 1 is 1.36 bits per heavy atom. The lowest BCUT2D eigenvalue weighted by molar-refractivity contribution is 0.0594. The molecule has 76 valence electrons. The van der Waals surface area contributed by atoms with Gasteiger partial charge in [-0.2, -0.15) is 0 Å². The third kappa shape index (κ3) is 2.44. The minimum Gasteiger partial charge on any atom is -0.380 e. The summed E-state index contributed by atoms with van der Waals surface area (Å²) < 4.78 is 0. The number of aliphatic hydroxyl groups is 1. The van der Waals surface area contributed by atoms with Gasteiger partial charge in [0.2, 0.25) is 0 Å². The lowest BCUT2D eigenvalue weighted by Crippen LogP contribution is -2.35. The molecule has 1 rings (SSSR count). The molecular weight excluding hydrogens is 174 g/mol. The van der Waals surface area contributed by atoms with Crippen molar-refractivity contribution in [3.05, 3.63) is 48.6 Å². The molecule has 1 aromatic rings.